The van der Waals surface area contributed by atoms with E-state index in [-0.39, 0.29) is 11.9 Å². The summed E-state index contributed by atoms with van der Waals surface area (Å²) in [5, 5.41) is 0. The molecule has 132 valence electrons. The van der Waals surface area contributed by atoms with Gasteiger partial charge in [0.25, 0.3) is 0 Å². The van der Waals surface area contributed by atoms with Gasteiger partial charge < -0.3 is 9.64 Å². The number of piperazine rings is 1. The number of carbonyl (C=O) groups excluding carboxylic acids is 1. The van der Waals surface area contributed by atoms with Gasteiger partial charge in [0.1, 0.15) is 0 Å². The fourth-order valence-corrected chi connectivity index (χ4v) is 3.54. The zero-order valence-corrected chi connectivity index (χ0v) is 14.9. The van der Waals surface area contributed by atoms with Crippen molar-refractivity contribution in [1.29, 1.82) is 0 Å². The second kappa shape index (κ2) is 8.10. The molecule has 0 saturated carbocycles. The van der Waals surface area contributed by atoms with Gasteiger partial charge in [-0.2, -0.15) is 0 Å². The summed E-state index contributed by atoms with van der Waals surface area (Å²) in [6, 6.07) is 8.53. The van der Waals surface area contributed by atoms with Gasteiger partial charge in [-0.1, -0.05) is 24.3 Å². The van der Waals surface area contributed by atoms with Crippen LogP contribution in [0.1, 0.15) is 18.1 Å². The zero-order valence-electron chi connectivity index (χ0n) is 14.9. The molecule has 1 aromatic carbocycles. The number of benzene rings is 1. The van der Waals surface area contributed by atoms with Crippen LogP contribution in [-0.2, 0) is 16.1 Å². The van der Waals surface area contributed by atoms with Gasteiger partial charge in [0, 0.05) is 45.8 Å². The Hall–Kier alpha value is -1.43. The molecule has 2 aliphatic heterocycles. The lowest BCUT2D eigenvalue weighted by Gasteiger charge is -2.39. The maximum atomic E-state index is 12.7. The van der Waals surface area contributed by atoms with Crippen LogP contribution in [-0.4, -0.2) is 79.1 Å². The maximum Gasteiger partial charge on any atom is 0.239 e. The van der Waals surface area contributed by atoms with Crippen molar-refractivity contribution >= 4 is 5.91 Å². The molecule has 0 aromatic heterocycles. The van der Waals surface area contributed by atoms with E-state index in [4.69, 9.17) is 4.74 Å². The molecular formula is C19H29N3O2. The molecule has 0 aliphatic carbocycles. The average Bonchev–Trinajstić information content (AvgIpc) is 2.64. The standard InChI is InChI=1S/C19H29N3O2/c1-16-5-3-4-6-18(16)15-20-7-9-22(10-8-20)19(23)17(2)21-11-13-24-14-12-21/h3-6,17H,7-15H2,1-2H3/t17-/m0/s1. The summed E-state index contributed by atoms with van der Waals surface area (Å²) in [6.07, 6.45) is 0. The molecule has 5 heteroatoms. The maximum absolute atomic E-state index is 12.7. The first kappa shape index (κ1) is 17.4. The lowest BCUT2D eigenvalue weighted by Crippen LogP contribution is -2.55. The smallest absolute Gasteiger partial charge is 0.239 e. The fourth-order valence-electron chi connectivity index (χ4n) is 3.54. The molecule has 0 radical (unpaired) electrons. The average molecular weight is 331 g/mol. The normalized spacial score (nSPS) is 21.7. The van der Waals surface area contributed by atoms with Crippen LogP contribution in [0.4, 0.5) is 0 Å². The first-order valence-corrected chi connectivity index (χ1v) is 9.02. The Bertz CT molecular complexity index is 549. The van der Waals surface area contributed by atoms with Crippen LogP contribution in [0, 0.1) is 6.92 Å². The molecule has 2 aliphatic rings. The fraction of sp³-hybridized carbons (Fsp3) is 0.632. The number of amides is 1. The van der Waals surface area contributed by atoms with E-state index in [1.54, 1.807) is 0 Å². The van der Waals surface area contributed by atoms with Crippen LogP contribution in [0.5, 0.6) is 0 Å². The number of aryl methyl sites for hydroxylation is 1. The predicted molar refractivity (Wildman–Crippen MR) is 94.9 cm³/mol. The van der Waals surface area contributed by atoms with Gasteiger partial charge in [-0.05, 0) is 25.0 Å². The van der Waals surface area contributed by atoms with E-state index in [9.17, 15) is 4.79 Å². The van der Waals surface area contributed by atoms with Crippen molar-refractivity contribution in [1.82, 2.24) is 14.7 Å². The lowest BCUT2D eigenvalue weighted by atomic mass is 10.1. The molecular weight excluding hydrogens is 302 g/mol. The Morgan fingerprint density at radius 3 is 2.42 bits per heavy atom. The van der Waals surface area contributed by atoms with Crippen molar-refractivity contribution in [2.75, 3.05) is 52.5 Å². The largest absolute Gasteiger partial charge is 0.379 e. The van der Waals surface area contributed by atoms with Crippen molar-refractivity contribution in [3.63, 3.8) is 0 Å². The number of nitrogens with zero attached hydrogens (tertiary/aromatic N) is 3. The third kappa shape index (κ3) is 4.15. The Labute approximate surface area is 145 Å². The van der Waals surface area contributed by atoms with E-state index >= 15 is 0 Å². The van der Waals surface area contributed by atoms with Gasteiger partial charge in [-0.25, -0.2) is 0 Å². The van der Waals surface area contributed by atoms with Crippen molar-refractivity contribution < 1.29 is 9.53 Å². The molecule has 0 spiro atoms. The van der Waals surface area contributed by atoms with Crippen LogP contribution in [0.3, 0.4) is 0 Å². The van der Waals surface area contributed by atoms with Gasteiger partial charge >= 0.3 is 0 Å². The van der Waals surface area contributed by atoms with E-state index < -0.39 is 0 Å². The highest BCUT2D eigenvalue weighted by molar-refractivity contribution is 5.81. The molecule has 1 atom stereocenters. The molecule has 0 N–H and O–H groups in total. The summed E-state index contributed by atoms with van der Waals surface area (Å²) in [6.45, 7) is 12.0. The zero-order chi connectivity index (χ0) is 16.9. The number of rotatable bonds is 4. The SMILES string of the molecule is Cc1ccccc1CN1CCN(C(=O)[C@H](C)N2CCOCC2)CC1. The van der Waals surface area contributed by atoms with Crippen LogP contribution in [0.25, 0.3) is 0 Å². The predicted octanol–water partition coefficient (Wildman–Crippen LogP) is 1.36. The third-order valence-electron chi connectivity index (χ3n) is 5.29. The summed E-state index contributed by atoms with van der Waals surface area (Å²) in [7, 11) is 0. The Kier molecular flexibility index (Phi) is 5.87. The second-order valence-corrected chi connectivity index (χ2v) is 6.85. The van der Waals surface area contributed by atoms with E-state index in [0.29, 0.717) is 0 Å². The van der Waals surface area contributed by atoms with Gasteiger partial charge in [-0.15, -0.1) is 0 Å². The van der Waals surface area contributed by atoms with Gasteiger partial charge in [0.2, 0.25) is 5.91 Å². The van der Waals surface area contributed by atoms with Crippen LogP contribution >= 0.6 is 0 Å². The van der Waals surface area contributed by atoms with Crippen molar-refractivity contribution in [3.8, 4) is 0 Å². The molecule has 0 bridgehead atoms. The second-order valence-electron chi connectivity index (χ2n) is 6.85. The molecule has 0 unspecified atom stereocenters. The molecule has 2 fully saturated rings. The highest BCUT2D eigenvalue weighted by Gasteiger charge is 2.29. The minimum absolute atomic E-state index is 0.0307. The van der Waals surface area contributed by atoms with Gasteiger partial charge in [0.15, 0.2) is 0 Å². The van der Waals surface area contributed by atoms with E-state index in [1.165, 1.54) is 11.1 Å². The number of hydrogen-bond donors (Lipinski definition) is 0. The van der Waals surface area contributed by atoms with Crippen molar-refractivity contribution in [2.45, 2.75) is 26.4 Å². The summed E-state index contributed by atoms with van der Waals surface area (Å²) >= 11 is 0. The summed E-state index contributed by atoms with van der Waals surface area (Å²) in [4.78, 5) is 19.5. The number of morpholine rings is 1. The van der Waals surface area contributed by atoms with Crippen LogP contribution in [0.15, 0.2) is 24.3 Å². The molecule has 1 aromatic rings. The quantitative estimate of drug-likeness (QED) is 0.835. The van der Waals surface area contributed by atoms with Crippen molar-refractivity contribution in [3.05, 3.63) is 35.4 Å². The monoisotopic (exact) mass is 331 g/mol. The molecule has 2 saturated heterocycles. The molecule has 2 heterocycles. The number of hydrogen-bond acceptors (Lipinski definition) is 4. The van der Waals surface area contributed by atoms with Crippen LogP contribution in [0.2, 0.25) is 0 Å². The number of carbonyl (C=O) groups is 1. The Morgan fingerprint density at radius 2 is 1.75 bits per heavy atom. The highest BCUT2D eigenvalue weighted by atomic mass is 16.5. The first-order valence-electron chi connectivity index (χ1n) is 9.02. The van der Waals surface area contributed by atoms with Gasteiger partial charge in [-0.3, -0.25) is 14.6 Å². The Balaban J connectivity index is 1.49. The minimum Gasteiger partial charge on any atom is -0.379 e. The molecule has 1 amide bonds. The first-order chi connectivity index (χ1) is 11.6. The molecule has 24 heavy (non-hydrogen) atoms. The molecule has 3 rings (SSSR count). The van der Waals surface area contributed by atoms with E-state index in [1.807, 2.05) is 11.8 Å². The summed E-state index contributed by atoms with van der Waals surface area (Å²) in [5.74, 6) is 0.271. The number of ether oxygens (including phenoxy) is 1. The highest BCUT2D eigenvalue weighted by Crippen LogP contribution is 2.14. The van der Waals surface area contributed by atoms with E-state index in [0.717, 1.165) is 59.0 Å². The minimum atomic E-state index is -0.0307. The van der Waals surface area contributed by atoms with E-state index in [2.05, 4.69) is 41.0 Å². The van der Waals surface area contributed by atoms with Crippen LogP contribution < -0.4 is 0 Å². The third-order valence-corrected chi connectivity index (χ3v) is 5.29. The Morgan fingerprint density at radius 1 is 1.08 bits per heavy atom. The van der Waals surface area contributed by atoms with Gasteiger partial charge in [0.05, 0.1) is 19.3 Å². The molecule has 5 nitrogen and oxygen atoms in total. The summed E-state index contributed by atoms with van der Waals surface area (Å²) < 4.78 is 5.38. The topological polar surface area (TPSA) is 36.0 Å². The lowest BCUT2D eigenvalue weighted by molar-refractivity contribution is -0.139. The summed E-state index contributed by atoms with van der Waals surface area (Å²) in [5.41, 5.74) is 2.73. The van der Waals surface area contributed by atoms with Crippen molar-refractivity contribution in [2.24, 2.45) is 0 Å².